The number of rotatable bonds is 4. The summed E-state index contributed by atoms with van der Waals surface area (Å²) in [7, 11) is 0. The van der Waals surface area contributed by atoms with Crippen LogP contribution in [0.3, 0.4) is 0 Å². The smallest absolute Gasteiger partial charge is 0.178 e. The largest absolute Gasteiger partial charge is 0.294 e. The average molecular weight is 319 g/mol. The van der Waals surface area contributed by atoms with Crippen LogP contribution in [0.1, 0.15) is 11.4 Å². The van der Waals surface area contributed by atoms with Crippen molar-refractivity contribution in [1.82, 2.24) is 24.3 Å². The number of hydrogen-bond acceptors (Lipinski definition) is 4. The van der Waals surface area contributed by atoms with Crippen molar-refractivity contribution in [3.05, 3.63) is 78.4 Å². The molecule has 0 aliphatic heterocycles. The number of fused-ring (bicyclic) bond motifs is 1. The van der Waals surface area contributed by atoms with Gasteiger partial charge in [-0.3, -0.25) is 9.38 Å². The maximum Gasteiger partial charge on any atom is 0.178 e. The first-order chi connectivity index (χ1) is 11.8. The second kappa shape index (κ2) is 6.16. The fourth-order valence-electron chi connectivity index (χ4n) is 2.58. The van der Waals surface area contributed by atoms with Gasteiger partial charge in [-0.2, -0.15) is 0 Å². The van der Waals surface area contributed by atoms with Crippen LogP contribution in [0.5, 0.6) is 0 Å². The molecule has 0 atom stereocenters. The number of aromatic nitrogens is 5. The molecule has 0 radical (unpaired) electrons. The van der Waals surface area contributed by atoms with Crippen LogP contribution >= 0.6 is 0 Å². The quantitative estimate of drug-likeness (QED) is 0.580. The Labute approximate surface area is 137 Å². The first-order valence-electron chi connectivity index (χ1n) is 7.64. The Bertz CT molecular complexity index is 981. The van der Waals surface area contributed by atoms with E-state index in [1.54, 1.807) is 29.1 Å². The zero-order valence-electron chi connectivity index (χ0n) is 12.8. The van der Waals surface area contributed by atoms with Crippen molar-refractivity contribution >= 4 is 5.65 Å². The van der Waals surface area contributed by atoms with Gasteiger partial charge in [0.15, 0.2) is 5.82 Å². The summed E-state index contributed by atoms with van der Waals surface area (Å²) in [6.45, 7) is 0. The molecule has 4 aromatic heterocycles. The van der Waals surface area contributed by atoms with Gasteiger partial charge in [0.05, 0.1) is 6.20 Å². The molecule has 24 heavy (non-hydrogen) atoms. The first kappa shape index (κ1) is 14.4. The topological polar surface area (TPSA) is 56.0 Å². The molecule has 0 saturated carbocycles. The summed E-state index contributed by atoms with van der Waals surface area (Å²) in [5, 5.41) is 0. The van der Waals surface area contributed by atoms with Crippen molar-refractivity contribution in [1.29, 1.82) is 0 Å². The Balaban J connectivity index is 1.63. The predicted molar refractivity (Wildman–Crippen MR) is 87.8 cm³/mol. The Morgan fingerprint density at radius 2 is 1.79 bits per heavy atom. The molecule has 0 spiro atoms. The molecule has 6 heteroatoms. The molecule has 0 aliphatic rings. The fourth-order valence-corrected chi connectivity index (χ4v) is 2.58. The summed E-state index contributed by atoms with van der Waals surface area (Å²) in [4.78, 5) is 17.5. The second-order valence-corrected chi connectivity index (χ2v) is 5.41. The summed E-state index contributed by atoms with van der Waals surface area (Å²) in [5.74, 6) is 0.208. The minimum atomic E-state index is -0.326. The minimum absolute atomic E-state index is 0.326. The monoisotopic (exact) mass is 319 g/mol. The van der Waals surface area contributed by atoms with E-state index in [1.807, 2.05) is 24.3 Å². The zero-order chi connectivity index (χ0) is 16.4. The molecule has 5 nitrogen and oxygen atoms in total. The Kier molecular flexibility index (Phi) is 3.70. The molecule has 4 heterocycles. The fraction of sp³-hybridized carbons (Fsp3) is 0.111. The molecule has 0 aliphatic carbocycles. The van der Waals surface area contributed by atoms with Crippen LogP contribution in [0.25, 0.3) is 17.2 Å². The van der Waals surface area contributed by atoms with Crippen molar-refractivity contribution in [2.24, 2.45) is 0 Å². The van der Waals surface area contributed by atoms with Crippen LogP contribution in [-0.4, -0.2) is 24.3 Å². The number of imidazole rings is 1. The summed E-state index contributed by atoms with van der Waals surface area (Å²) in [6, 6.07) is 10.8. The summed E-state index contributed by atoms with van der Waals surface area (Å²) in [6.07, 6.45) is 8.12. The highest BCUT2D eigenvalue weighted by molar-refractivity contribution is 5.56. The number of hydrogen-bond donors (Lipinski definition) is 0. The lowest BCUT2D eigenvalue weighted by Crippen LogP contribution is -2.00. The van der Waals surface area contributed by atoms with E-state index in [-0.39, 0.29) is 5.82 Å². The van der Waals surface area contributed by atoms with Gasteiger partial charge in [0.1, 0.15) is 17.2 Å². The van der Waals surface area contributed by atoms with E-state index in [1.165, 1.54) is 12.3 Å². The van der Waals surface area contributed by atoms with E-state index in [2.05, 4.69) is 19.9 Å². The normalized spacial score (nSPS) is 11.0. The van der Waals surface area contributed by atoms with Gasteiger partial charge in [0.25, 0.3) is 0 Å². The molecule has 118 valence electrons. The molecule has 0 N–H and O–H groups in total. The van der Waals surface area contributed by atoms with Crippen molar-refractivity contribution in [3.63, 3.8) is 0 Å². The molecule has 0 aromatic carbocycles. The molecule has 4 rings (SSSR count). The molecule has 0 bridgehead atoms. The second-order valence-electron chi connectivity index (χ2n) is 5.41. The van der Waals surface area contributed by atoms with Gasteiger partial charge < -0.3 is 0 Å². The molecular formula is C18H14FN5. The van der Waals surface area contributed by atoms with Crippen LogP contribution in [0, 0.1) is 5.82 Å². The third kappa shape index (κ3) is 2.86. The molecule has 0 amide bonds. The molecular weight excluding hydrogens is 305 g/mol. The first-order valence-corrected chi connectivity index (χ1v) is 7.64. The highest BCUT2D eigenvalue weighted by Crippen LogP contribution is 2.18. The lowest BCUT2D eigenvalue weighted by Gasteiger charge is -2.04. The van der Waals surface area contributed by atoms with Gasteiger partial charge >= 0.3 is 0 Å². The molecule has 0 fully saturated rings. The van der Waals surface area contributed by atoms with Gasteiger partial charge in [-0.15, -0.1) is 0 Å². The number of aryl methyl sites for hydroxylation is 2. The van der Waals surface area contributed by atoms with E-state index < -0.39 is 0 Å². The molecule has 0 saturated heterocycles. The maximum atomic E-state index is 13.5. The van der Waals surface area contributed by atoms with E-state index in [0.29, 0.717) is 17.2 Å². The Morgan fingerprint density at radius 1 is 0.875 bits per heavy atom. The van der Waals surface area contributed by atoms with Gasteiger partial charge in [-0.1, -0.05) is 6.07 Å². The van der Waals surface area contributed by atoms with Crippen molar-refractivity contribution in [3.8, 4) is 11.5 Å². The van der Waals surface area contributed by atoms with Crippen LogP contribution in [0.2, 0.25) is 0 Å². The van der Waals surface area contributed by atoms with Crippen LogP contribution in [-0.2, 0) is 12.8 Å². The molecule has 4 aromatic rings. The lowest BCUT2D eigenvalue weighted by molar-refractivity contribution is 0.619. The highest BCUT2D eigenvalue weighted by Gasteiger charge is 2.10. The Hall–Kier alpha value is -3.15. The van der Waals surface area contributed by atoms with Gasteiger partial charge in [0, 0.05) is 30.0 Å². The third-order valence-corrected chi connectivity index (χ3v) is 3.78. The highest BCUT2D eigenvalue weighted by atomic mass is 19.1. The van der Waals surface area contributed by atoms with E-state index in [9.17, 15) is 4.39 Å². The molecule has 0 unspecified atom stereocenters. The van der Waals surface area contributed by atoms with Gasteiger partial charge in [0.2, 0.25) is 0 Å². The standard InChI is InChI=1S/C18H14FN5/c19-13-4-7-17-22-11-16(24(17)12-13)18-21-10-8-15(23-18)6-5-14-3-1-2-9-20-14/h1-4,7-12H,5-6H2. The average Bonchev–Trinajstić information content (AvgIpc) is 3.04. The lowest BCUT2D eigenvalue weighted by atomic mass is 10.1. The third-order valence-electron chi connectivity index (χ3n) is 3.78. The van der Waals surface area contributed by atoms with Crippen molar-refractivity contribution < 1.29 is 4.39 Å². The summed E-state index contributed by atoms with van der Waals surface area (Å²) in [5.41, 5.74) is 3.27. The number of nitrogens with zero attached hydrogens (tertiary/aromatic N) is 5. The van der Waals surface area contributed by atoms with Crippen LogP contribution in [0.15, 0.2) is 61.2 Å². The predicted octanol–water partition coefficient (Wildman–Crippen LogP) is 3.11. The minimum Gasteiger partial charge on any atom is -0.294 e. The summed E-state index contributed by atoms with van der Waals surface area (Å²) < 4.78 is 15.2. The maximum absolute atomic E-state index is 13.5. The SMILES string of the molecule is Fc1ccc2ncc(-c3nccc(CCc4ccccn4)n3)n2c1. The summed E-state index contributed by atoms with van der Waals surface area (Å²) >= 11 is 0. The van der Waals surface area contributed by atoms with E-state index in [0.717, 1.165) is 24.2 Å². The van der Waals surface area contributed by atoms with Crippen molar-refractivity contribution in [2.75, 3.05) is 0 Å². The number of halogens is 1. The van der Waals surface area contributed by atoms with E-state index in [4.69, 9.17) is 0 Å². The van der Waals surface area contributed by atoms with Crippen molar-refractivity contribution in [2.45, 2.75) is 12.8 Å². The van der Waals surface area contributed by atoms with Crippen LogP contribution < -0.4 is 0 Å². The van der Waals surface area contributed by atoms with E-state index >= 15 is 0 Å². The number of pyridine rings is 2. The van der Waals surface area contributed by atoms with Crippen LogP contribution in [0.4, 0.5) is 4.39 Å². The Morgan fingerprint density at radius 3 is 2.67 bits per heavy atom. The van der Waals surface area contributed by atoms with Gasteiger partial charge in [-0.25, -0.2) is 19.3 Å². The zero-order valence-corrected chi connectivity index (χ0v) is 12.8. The van der Waals surface area contributed by atoms with Gasteiger partial charge in [-0.05, 0) is 43.2 Å².